The minimum Gasteiger partial charge on any atom is -0.393 e. The molecule has 2 rings (SSSR count). The molecule has 0 spiro atoms. The third-order valence-corrected chi connectivity index (χ3v) is 3.08. The largest absolute Gasteiger partial charge is 0.393 e. The van der Waals surface area contributed by atoms with Crippen molar-refractivity contribution >= 4 is 0 Å². The summed E-state index contributed by atoms with van der Waals surface area (Å²) in [5.74, 6) is 0.505. The van der Waals surface area contributed by atoms with Crippen LogP contribution in [0.25, 0.3) is 0 Å². The van der Waals surface area contributed by atoms with E-state index in [1.807, 2.05) is 0 Å². The van der Waals surface area contributed by atoms with Gasteiger partial charge in [-0.1, -0.05) is 0 Å². The van der Waals surface area contributed by atoms with Crippen molar-refractivity contribution in [3.8, 4) is 0 Å². The predicted octanol–water partition coefficient (Wildman–Crippen LogP) is 1.51. The summed E-state index contributed by atoms with van der Waals surface area (Å²) in [5, 5.41) is 9.35. The summed E-state index contributed by atoms with van der Waals surface area (Å²) >= 11 is 0. The molecule has 0 unspecified atom stereocenters. The van der Waals surface area contributed by atoms with Crippen molar-refractivity contribution in [2.45, 2.75) is 38.0 Å². The molecule has 0 heterocycles. The molecule has 1 nitrogen and oxygen atoms in total. The van der Waals surface area contributed by atoms with Gasteiger partial charge in [-0.05, 0) is 37.5 Å². The summed E-state index contributed by atoms with van der Waals surface area (Å²) in [6.45, 7) is 0. The van der Waals surface area contributed by atoms with E-state index in [2.05, 4.69) is 0 Å². The molecule has 4 atom stereocenters. The van der Waals surface area contributed by atoms with Crippen LogP contribution in [0.4, 0.5) is 4.39 Å². The van der Waals surface area contributed by atoms with Crippen LogP contribution in [-0.4, -0.2) is 17.4 Å². The van der Waals surface area contributed by atoms with E-state index >= 15 is 0 Å². The number of aliphatic hydroxyl groups is 1. The summed E-state index contributed by atoms with van der Waals surface area (Å²) in [7, 11) is 0. The molecule has 0 aromatic rings. The van der Waals surface area contributed by atoms with Gasteiger partial charge < -0.3 is 5.11 Å². The van der Waals surface area contributed by atoms with E-state index in [0.717, 1.165) is 19.3 Å². The van der Waals surface area contributed by atoms with Crippen molar-refractivity contribution in [2.24, 2.45) is 11.8 Å². The second-order valence-corrected chi connectivity index (χ2v) is 3.57. The van der Waals surface area contributed by atoms with Gasteiger partial charge >= 0.3 is 0 Å². The predicted molar refractivity (Wildman–Crippen MR) is 36.4 cm³/mol. The molecule has 0 bridgehead atoms. The van der Waals surface area contributed by atoms with Crippen molar-refractivity contribution < 1.29 is 9.50 Å². The summed E-state index contributed by atoms with van der Waals surface area (Å²) in [4.78, 5) is 0. The van der Waals surface area contributed by atoms with Crippen molar-refractivity contribution in [2.75, 3.05) is 0 Å². The van der Waals surface area contributed by atoms with Crippen LogP contribution in [0, 0.1) is 11.8 Å². The SMILES string of the molecule is O[C@@H]1CC[C@H]2[C@@H]1CC[C@@H]2F. The lowest BCUT2D eigenvalue weighted by Gasteiger charge is -2.12. The molecule has 2 saturated carbocycles. The van der Waals surface area contributed by atoms with Crippen molar-refractivity contribution in [3.63, 3.8) is 0 Å². The number of fused-ring (bicyclic) bond motifs is 1. The van der Waals surface area contributed by atoms with E-state index in [0.29, 0.717) is 12.3 Å². The lowest BCUT2D eigenvalue weighted by Crippen LogP contribution is -2.16. The Morgan fingerprint density at radius 3 is 2.40 bits per heavy atom. The lowest BCUT2D eigenvalue weighted by molar-refractivity contribution is 0.121. The van der Waals surface area contributed by atoms with Gasteiger partial charge in [-0.3, -0.25) is 0 Å². The Bertz CT molecular complexity index is 121. The topological polar surface area (TPSA) is 20.2 Å². The third-order valence-electron chi connectivity index (χ3n) is 3.08. The molecular formula is C8H13FO. The first-order valence-corrected chi connectivity index (χ1v) is 4.11. The van der Waals surface area contributed by atoms with Gasteiger partial charge in [-0.25, -0.2) is 4.39 Å². The molecule has 0 radical (unpaired) electrons. The van der Waals surface area contributed by atoms with E-state index < -0.39 is 6.17 Å². The molecule has 0 saturated heterocycles. The van der Waals surface area contributed by atoms with E-state index in [-0.39, 0.29) is 12.0 Å². The highest BCUT2D eigenvalue weighted by molar-refractivity contribution is 4.94. The normalized spacial score (nSPS) is 53.4. The van der Waals surface area contributed by atoms with Gasteiger partial charge in [0.1, 0.15) is 6.17 Å². The quantitative estimate of drug-likeness (QED) is 0.546. The zero-order valence-electron chi connectivity index (χ0n) is 5.96. The van der Waals surface area contributed by atoms with Crippen molar-refractivity contribution in [1.29, 1.82) is 0 Å². The molecule has 0 aromatic carbocycles. The van der Waals surface area contributed by atoms with Gasteiger partial charge in [0.2, 0.25) is 0 Å². The Labute approximate surface area is 60.2 Å². The Kier molecular flexibility index (Phi) is 1.44. The van der Waals surface area contributed by atoms with E-state index in [4.69, 9.17) is 0 Å². The van der Waals surface area contributed by atoms with Crippen LogP contribution in [0.5, 0.6) is 0 Å². The summed E-state index contributed by atoms with van der Waals surface area (Å²) in [5.41, 5.74) is 0. The average molecular weight is 144 g/mol. The fourth-order valence-electron chi connectivity index (χ4n) is 2.50. The van der Waals surface area contributed by atoms with Gasteiger partial charge in [0.15, 0.2) is 0 Å². The standard InChI is InChI=1S/C8H13FO/c9-7-3-1-6-5(7)2-4-8(6)10/h5-8,10H,1-4H2/t5-,6-,7-,8+/m0/s1. The van der Waals surface area contributed by atoms with E-state index in [1.54, 1.807) is 0 Å². The van der Waals surface area contributed by atoms with Crippen molar-refractivity contribution in [3.05, 3.63) is 0 Å². The summed E-state index contributed by atoms with van der Waals surface area (Å²) in [6, 6.07) is 0. The number of hydrogen-bond donors (Lipinski definition) is 1. The average Bonchev–Trinajstić information content (AvgIpc) is 2.41. The number of aliphatic hydroxyl groups excluding tert-OH is 1. The molecular weight excluding hydrogens is 131 g/mol. The first-order chi connectivity index (χ1) is 4.79. The third kappa shape index (κ3) is 0.782. The molecule has 0 amide bonds. The number of hydrogen-bond acceptors (Lipinski definition) is 1. The van der Waals surface area contributed by atoms with Gasteiger partial charge in [0, 0.05) is 0 Å². The monoisotopic (exact) mass is 144 g/mol. The highest BCUT2D eigenvalue weighted by Gasteiger charge is 2.44. The number of halogens is 1. The maximum atomic E-state index is 12.9. The second-order valence-electron chi connectivity index (χ2n) is 3.57. The maximum absolute atomic E-state index is 12.9. The van der Waals surface area contributed by atoms with E-state index in [1.165, 1.54) is 0 Å². The van der Waals surface area contributed by atoms with Gasteiger partial charge in [0.05, 0.1) is 6.10 Å². The zero-order chi connectivity index (χ0) is 7.14. The Morgan fingerprint density at radius 1 is 1.00 bits per heavy atom. The first-order valence-electron chi connectivity index (χ1n) is 4.11. The summed E-state index contributed by atoms with van der Waals surface area (Å²) < 4.78 is 12.9. The molecule has 58 valence electrons. The van der Waals surface area contributed by atoms with Crippen molar-refractivity contribution in [1.82, 2.24) is 0 Å². The van der Waals surface area contributed by atoms with Gasteiger partial charge in [0.25, 0.3) is 0 Å². The molecule has 1 N–H and O–H groups in total. The fraction of sp³-hybridized carbons (Fsp3) is 1.00. The number of alkyl halides is 1. The second kappa shape index (κ2) is 2.19. The van der Waals surface area contributed by atoms with Crippen LogP contribution in [0.3, 0.4) is 0 Å². The maximum Gasteiger partial charge on any atom is 0.103 e. The van der Waals surface area contributed by atoms with Crippen LogP contribution in [0.15, 0.2) is 0 Å². The minimum atomic E-state index is -0.609. The van der Waals surface area contributed by atoms with Crippen LogP contribution < -0.4 is 0 Å². The zero-order valence-corrected chi connectivity index (χ0v) is 5.96. The molecule has 2 heteroatoms. The highest BCUT2D eigenvalue weighted by atomic mass is 19.1. The van der Waals surface area contributed by atoms with Gasteiger partial charge in [-0.2, -0.15) is 0 Å². The van der Waals surface area contributed by atoms with Crippen LogP contribution >= 0.6 is 0 Å². The Morgan fingerprint density at radius 2 is 1.70 bits per heavy atom. The number of rotatable bonds is 0. The van der Waals surface area contributed by atoms with Gasteiger partial charge in [-0.15, -0.1) is 0 Å². The smallest absolute Gasteiger partial charge is 0.103 e. The molecule has 2 aliphatic rings. The lowest BCUT2D eigenvalue weighted by atomic mass is 9.99. The van der Waals surface area contributed by atoms with Crippen LogP contribution in [0.2, 0.25) is 0 Å². The molecule has 2 fully saturated rings. The minimum absolute atomic E-state index is 0.189. The molecule has 2 aliphatic carbocycles. The summed E-state index contributed by atoms with van der Waals surface area (Å²) in [6.07, 6.45) is 2.54. The molecule has 0 aromatic heterocycles. The Balaban J connectivity index is 2.09. The Hall–Kier alpha value is -0.110. The van der Waals surface area contributed by atoms with Crippen LogP contribution in [-0.2, 0) is 0 Å². The van der Waals surface area contributed by atoms with Crippen LogP contribution in [0.1, 0.15) is 25.7 Å². The first kappa shape index (κ1) is 6.59. The fourth-order valence-corrected chi connectivity index (χ4v) is 2.50. The highest BCUT2D eigenvalue weighted by Crippen LogP contribution is 2.45. The van der Waals surface area contributed by atoms with E-state index in [9.17, 15) is 9.50 Å². The molecule has 0 aliphatic heterocycles. The molecule has 10 heavy (non-hydrogen) atoms.